The van der Waals surface area contributed by atoms with Gasteiger partial charge in [0.1, 0.15) is 12.6 Å². The molecule has 7 nitrogen and oxygen atoms in total. The van der Waals surface area contributed by atoms with Crippen molar-refractivity contribution >= 4 is 39.1 Å². The van der Waals surface area contributed by atoms with Gasteiger partial charge in [-0.3, -0.25) is 13.9 Å². The summed E-state index contributed by atoms with van der Waals surface area (Å²) < 4.78 is 29.0. The molecule has 9 heteroatoms. The van der Waals surface area contributed by atoms with Gasteiger partial charge in [0.15, 0.2) is 0 Å². The smallest absolute Gasteiger partial charge is 0.264 e. The van der Waals surface area contributed by atoms with Gasteiger partial charge >= 0.3 is 0 Å². The van der Waals surface area contributed by atoms with Gasteiger partial charge in [0, 0.05) is 17.6 Å². The SMILES string of the molecule is CC[C@H](C(=O)NC(C)C)N(Cc1cccc(C)c1)C(=O)CN(c1ccc(C)c(C)c1)S(=O)(=O)c1ccc(Cl)cc1. The maximum absolute atomic E-state index is 14.1. The fourth-order valence-electron chi connectivity index (χ4n) is 4.45. The van der Waals surface area contributed by atoms with Gasteiger partial charge in [0.25, 0.3) is 10.0 Å². The Labute approximate surface area is 243 Å². The predicted molar refractivity (Wildman–Crippen MR) is 161 cm³/mol. The van der Waals surface area contributed by atoms with Crippen LogP contribution in [0.4, 0.5) is 5.69 Å². The van der Waals surface area contributed by atoms with E-state index in [4.69, 9.17) is 11.6 Å². The summed E-state index contributed by atoms with van der Waals surface area (Å²) in [6, 6.07) is 17.9. The molecule has 3 rings (SSSR count). The third kappa shape index (κ3) is 7.64. The zero-order valence-electron chi connectivity index (χ0n) is 23.9. The molecule has 2 amide bonds. The highest BCUT2D eigenvalue weighted by atomic mass is 35.5. The van der Waals surface area contributed by atoms with E-state index in [-0.39, 0.29) is 23.4 Å². The maximum atomic E-state index is 14.1. The Morgan fingerprint density at radius 3 is 2.17 bits per heavy atom. The standard InChI is InChI=1S/C31H38ClN3O4S/c1-7-29(31(37)33-21(2)3)34(19-25-10-8-9-22(4)17-25)30(36)20-35(27-14-11-23(5)24(6)18-27)40(38,39)28-15-12-26(32)13-16-28/h8-18,21,29H,7,19-20H2,1-6H3,(H,33,37)/t29-/m1/s1. The molecule has 3 aromatic carbocycles. The summed E-state index contributed by atoms with van der Waals surface area (Å²) in [4.78, 5) is 28.8. The number of amides is 2. The topological polar surface area (TPSA) is 86.8 Å². The normalized spacial score (nSPS) is 12.2. The van der Waals surface area contributed by atoms with Gasteiger partial charge in [-0.25, -0.2) is 8.42 Å². The summed E-state index contributed by atoms with van der Waals surface area (Å²) in [5.41, 5.74) is 4.12. The lowest BCUT2D eigenvalue weighted by Gasteiger charge is -2.33. The Morgan fingerprint density at radius 2 is 1.60 bits per heavy atom. The molecule has 3 aromatic rings. The van der Waals surface area contributed by atoms with E-state index in [1.165, 1.54) is 29.2 Å². The van der Waals surface area contributed by atoms with E-state index in [0.29, 0.717) is 17.1 Å². The first-order valence-electron chi connectivity index (χ1n) is 13.3. The van der Waals surface area contributed by atoms with E-state index in [0.717, 1.165) is 26.6 Å². The quantitative estimate of drug-likeness (QED) is 0.309. The highest BCUT2D eigenvalue weighted by Crippen LogP contribution is 2.27. The molecule has 0 saturated heterocycles. The lowest BCUT2D eigenvalue weighted by Crippen LogP contribution is -2.53. The molecular weight excluding hydrogens is 546 g/mol. The van der Waals surface area contributed by atoms with E-state index in [1.54, 1.807) is 12.1 Å². The number of aryl methyl sites for hydroxylation is 3. The van der Waals surface area contributed by atoms with Crippen LogP contribution >= 0.6 is 11.6 Å². The van der Waals surface area contributed by atoms with Crippen molar-refractivity contribution < 1.29 is 18.0 Å². The zero-order chi connectivity index (χ0) is 29.6. The number of carbonyl (C=O) groups excluding carboxylic acids is 2. The van der Waals surface area contributed by atoms with Crippen molar-refractivity contribution in [2.75, 3.05) is 10.8 Å². The van der Waals surface area contributed by atoms with Crippen LogP contribution in [0, 0.1) is 20.8 Å². The lowest BCUT2D eigenvalue weighted by atomic mass is 10.1. The fraction of sp³-hybridized carbons (Fsp3) is 0.355. The van der Waals surface area contributed by atoms with E-state index in [9.17, 15) is 18.0 Å². The number of nitrogens with one attached hydrogen (secondary N) is 1. The van der Waals surface area contributed by atoms with Crippen molar-refractivity contribution in [3.05, 3.63) is 94.0 Å². The number of carbonyl (C=O) groups is 2. The molecule has 40 heavy (non-hydrogen) atoms. The van der Waals surface area contributed by atoms with Gasteiger partial charge in [0.2, 0.25) is 11.8 Å². The molecule has 0 unspecified atom stereocenters. The number of anilines is 1. The Kier molecular flexibility index (Phi) is 10.4. The van der Waals surface area contributed by atoms with Crippen LogP contribution in [0.5, 0.6) is 0 Å². The molecule has 0 fully saturated rings. The number of benzene rings is 3. The van der Waals surface area contributed by atoms with Gasteiger partial charge < -0.3 is 10.2 Å². The molecule has 0 aliphatic heterocycles. The average molecular weight is 584 g/mol. The molecule has 0 aliphatic carbocycles. The fourth-order valence-corrected chi connectivity index (χ4v) is 5.98. The van der Waals surface area contributed by atoms with Crippen LogP contribution < -0.4 is 9.62 Å². The second-order valence-corrected chi connectivity index (χ2v) is 12.6. The van der Waals surface area contributed by atoms with Crippen molar-refractivity contribution in [3.8, 4) is 0 Å². The third-order valence-electron chi connectivity index (χ3n) is 6.71. The Morgan fingerprint density at radius 1 is 0.925 bits per heavy atom. The van der Waals surface area contributed by atoms with Gasteiger partial charge in [0.05, 0.1) is 10.6 Å². The first-order chi connectivity index (χ1) is 18.8. The second kappa shape index (κ2) is 13.3. The molecule has 0 saturated carbocycles. The number of hydrogen-bond donors (Lipinski definition) is 1. The van der Waals surface area contributed by atoms with Crippen molar-refractivity contribution in [3.63, 3.8) is 0 Å². The van der Waals surface area contributed by atoms with Gasteiger partial charge in [-0.1, -0.05) is 54.4 Å². The number of hydrogen-bond acceptors (Lipinski definition) is 4. The van der Waals surface area contributed by atoms with Gasteiger partial charge in [-0.15, -0.1) is 0 Å². The number of nitrogens with zero attached hydrogens (tertiary/aromatic N) is 2. The Hall–Kier alpha value is -3.36. The van der Waals surface area contributed by atoms with Crippen LogP contribution in [0.2, 0.25) is 5.02 Å². The molecule has 1 atom stereocenters. The Balaban J connectivity index is 2.09. The molecule has 0 heterocycles. The van der Waals surface area contributed by atoms with Crippen LogP contribution in [-0.2, 0) is 26.2 Å². The van der Waals surface area contributed by atoms with Gasteiger partial charge in [-0.05, 0) is 94.1 Å². The minimum Gasteiger partial charge on any atom is -0.352 e. The maximum Gasteiger partial charge on any atom is 0.264 e. The minimum absolute atomic E-state index is 0.0118. The molecule has 0 aliphatic rings. The number of sulfonamides is 1. The van der Waals surface area contributed by atoms with Crippen molar-refractivity contribution in [1.29, 1.82) is 0 Å². The first-order valence-corrected chi connectivity index (χ1v) is 15.2. The number of halogens is 1. The molecule has 0 radical (unpaired) electrons. The van der Waals surface area contributed by atoms with Crippen molar-refractivity contribution in [1.82, 2.24) is 10.2 Å². The molecule has 0 aromatic heterocycles. The van der Waals surface area contributed by atoms with Crippen molar-refractivity contribution in [2.45, 2.75) is 71.5 Å². The van der Waals surface area contributed by atoms with Crippen LogP contribution in [0.15, 0.2) is 71.6 Å². The second-order valence-electron chi connectivity index (χ2n) is 10.3. The summed E-state index contributed by atoms with van der Waals surface area (Å²) >= 11 is 6.02. The summed E-state index contributed by atoms with van der Waals surface area (Å²) in [5, 5.41) is 3.31. The van der Waals surface area contributed by atoms with E-state index >= 15 is 0 Å². The monoisotopic (exact) mass is 583 g/mol. The largest absolute Gasteiger partial charge is 0.352 e. The average Bonchev–Trinajstić information content (AvgIpc) is 2.88. The van der Waals surface area contributed by atoms with E-state index in [1.807, 2.05) is 71.9 Å². The van der Waals surface area contributed by atoms with Crippen LogP contribution in [0.1, 0.15) is 49.4 Å². The first kappa shape index (κ1) is 31.2. The minimum atomic E-state index is -4.15. The van der Waals surface area contributed by atoms with E-state index in [2.05, 4.69) is 5.32 Å². The lowest BCUT2D eigenvalue weighted by molar-refractivity contribution is -0.140. The van der Waals surface area contributed by atoms with Crippen LogP contribution in [-0.4, -0.2) is 43.8 Å². The molecule has 214 valence electrons. The highest BCUT2D eigenvalue weighted by Gasteiger charge is 2.34. The van der Waals surface area contributed by atoms with Crippen LogP contribution in [0.25, 0.3) is 0 Å². The third-order valence-corrected chi connectivity index (χ3v) is 8.75. The van der Waals surface area contributed by atoms with E-state index < -0.39 is 28.5 Å². The number of rotatable bonds is 11. The van der Waals surface area contributed by atoms with Gasteiger partial charge in [-0.2, -0.15) is 0 Å². The highest BCUT2D eigenvalue weighted by molar-refractivity contribution is 7.92. The molecule has 1 N–H and O–H groups in total. The van der Waals surface area contributed by atoms with Crippen LogP contribution in [0.3, 0.4) is 0 Å². The van der Waals surface area contributed by atoms with Crippen molar-refractivity contribution in [2.24, 2.45) is 0 Å². The summed E-state index contributed by atoms with van der Waals surface area (Å²) in [6.45, 7) is 11.0. The summed E-state index contributed by atoms with van der Waals surface area (Å²) in [6.07, 6.45) is 0.365. The molecular formula is C31H38ClN3O4S. The predicted octanol–water partition coefficient (Wildman–Crippen LogP) is 5.79. The zero-order valence-corrected chi connectivity index (χ0v) is 25.5. The molecule has 0 bridgehead atoms. The summed E-state index contributed by atoms with van der Waals surface area (Å²) in [7, 11) is -4.15. The summed E-state index contributed by atoms with van der Waals surface area (Å²) in [5.74, 6) is -0.764. The Bertz CT molecular complexity index is 1460. The molecule has 0 spiro atoms.